The second-order valence-corrected chi connectivity index (χ2v) is 5.29. The lowest BCUT2D eigenvalue weighted by Crippen LogP contribution is -2.37. The minimum absolute atomic E-state index is 0.503. The third-order valence-electron chi connectivity index (χ3n) is 3.40. The van der Waals surface area contributed by atoms with Gasteiger partial charge in [-0.25, -0.2) is 9.98 Å². The summed E-state index contributed by atoms with van der Waals surface area (Å²) in [5.41, 5.74) is 0. The standard InChI is InChI=1S/C17H26N6O/c1-3-18-17(20-13-16-21-14-22-23(16)2)19-11-7-8-12-24-15-9-5-4-6-10-15/h4-6,9-10,14H,3,7-8,11-13H2,1-2H3,(H2,18,19,20). The zero-order valence-electron chi connectivity index (χ0n) is 14.4. The molecule has 0 amide bonds. The molecule has 24 heavy (non-hydrogen) atoms. The Kier molecular flexibility index (Phi) is 7.59. The molecule has 2 N–H and O–H groups in total. The van der Waals surface area contributed by atoms with Crippen LogP contribution in [0, 0.1) is 0 Å². The van der Waals surface area contributed by atoms with Crippen LogP contribution in [0.3, 0.4) is 0 Å². The molecule has 0 spiro atoms. The van der Waals surface area contributed by atoms with Crippen molar-refractivity contribution in [2.45, 2.75) is 26.3 Å². The number of aromatic nitrogens is 3. The van der Waals surface area contributed by atoms with E-state index in [1.807, 2.05) is 44.3 Å². The molecular formula is C17H26N6O. The van der Waals surface area contributed by atoms with E-state index >= 15 is 0 Å². The van der Waals surface area contributed by atoms with E-state index in [2.05, 4.69) is 25.7 Å². The summed E-state index contributed by atoms with van der Waals surface area (Å²) in [7, 11) is 1.87. The second kappa shape index (κ2) is 10.3. The Bertz CT molecular complexity index is 611. The Morgan fingerprint density at radius 2 is 2.04 bits per heavy atom. The van der Waals surface area contributed by atoms with Crippen LogP contribution in [0.25, 0.3) is 0 Å². The minimum atomic E-state index is 0.503. The molecule has 0 aliphatic carbocycles. The lowest BCUT2D eigenvalue weighted by Gasteiger charge is -2.11. The van der Waals surface area contributed by atoms with Crippen LogP contribution in [0.15, 0.2) is 41.7 Å². The number of nitrogens with one attached hydrogen (secondary N) is 2. The molecule has 1 aromatic carbocycles. The Morgan fingerprint density at radius 1 is 1.21 bits per heavy atom. The highest BCUT2D eigenvalue weighted by Crippen LogP contribution is 2.08. The van der Waals surface area contributed by atoms with Gasteiger partial charge in [0.2, 0.25) is 0 Å². The molecule has 0 bridgehead atoms. The maximum Gasteiger partial charge on any atom is 0.191 e. The number of benzene rings is 1. The molecule has 1 aromatic heterocycles. The number of ether oxygens (including phenoxy) is 1. The highest BCUT2D eigenvalue weighted by atomic mass is 16.5. The van der Waals surface area contributed by atoms with Crippen LogP contribution in [-0.2, 0) is 13.6 Å². The molecule has 2 aromatic rings. The quantitative estimate of drug-likeness (QED) is 0.416. The van der Waals surface area contributed by atoms with Gasteiger partial charge in [-0.05, 0) is 31.9 Å². The van der Waals surface area contributed by atoms with Gasteiger partial charge in [-0.2, -0.15) is 5.10 Å². The van der Waals surface area contributed by atoms with Crippen molar-refractivity contribution in [1.29, 1.82) is 0 Å². The third kappa shape index (κ3) is 6.28. The molecule has 130 valence electrons. The number of hydrogen-bond acceptors (Lipinski definition) is 4. The smallest absolute Gasteiger partial charge is 0.191 e. The molecule has 0 unspecified atom stereocenters. The van der Waals surface area contributed by atoms with Crippen molar-refractivity contribution >= 4 is 5.96 Å². The first-order valence-corrected chi connectivity index (χ1v) is 8.32. The Balaban J connectivity index is 1.65. The fraction of sp³-hybridized carbons (Fsp3) is 0.471. The van der Waals surface area contributed by atoms with Gasteiger partial charge in [-0.3, -0.25) is 4.68 Å². The maximum absolute atomic E-state index is 5.68. The average molecular weight is 330 g/mol. The van der Waals surface area contributed by atoms with Crippen LogP contribution in [0.4, 0.5) is 0 Å². The Morgan fingerprint density at radius 3 is 2.75 bits per heavy atom. The van der Waals surface area contributed by atoms with Crippen molar-refractivity contribution < 1.29 is 4.74 Å². The fourth-order valence-electron chi connectivity index (χ4n) is 2.10. The highest BCUT2D eigenvalue weighted by molar-refractivity contribution is 5.79. The molecule has 0 saturated heterocycles. The Labute approximate surface area is 143 Å². The SMILES string of the molecule is CCNC(=NCc1ncnn1C)NCCCCOc1ccccc1. The molecule has 0 saturated carbocycles. The molecule has 1 heterocycles. The molecule has 2 rings (SSSR count). The summed E-state index contributed by atoms with van der Waals surface area (Å²) in [6, 6.07) is 9.89. The number of nitrogens with zero attached hydrogens (tertiary/aromatic N) is 4. The zero-order valence-corrected chi connectivity index (χ0v) is 14.4. The number of para-hydroxylation sites is 1. The van der Waals surface area contributed by atoms with Crippen LogP contribution in [0.1, 0.15) is 25.6 Å². The Hall–Kier alpha value is -2.57. The fourth-order valence-corrected chi connectivity index (χ4v) is 2.10. The summed E-state index contributed by atoms with van der Waals surface area (Å²) >= 11 is 0. The first kappa shape index (κ1) is 17.8. The molecule has 0 fully saturated rings. The lowest BCUT2D eigenvalue weighted by atomic mass is 10.3. The van der Waals surface area contributed by atoms with Crippen LogP contribution in [0.5, 0.6) is 5.75 Å². The van der Waals surface area contributed by atoms with Gasteiger partial charge in [0.05, 0.1) is 6.61 Å². The van der Waals surface area contributed by atoms with Crippen LogP contribution >= 0.6 is 0 Å². The predicted molar refractivity (Wildman–Crippen MR) is 95.0 cm³/mol. The van der Waals surface area contributed by atoms with Gasteiger partial charge in [0, 0.05) is 20.1 Å². The number of rotatable bonds is 9. The van der Waals surface area contributed by atoms with Gasteiger partial charge in [-0.1, -0.05) is 18.2 Å². The molecule has 7 heteroatoms. The first-order chi connectivity index (χ1) is 11.8. The average Bonchev–Trinajstić information content (AvgIpc) is 3.01. The minimum Gasteiger partial charge on any atom is -0.494 e. The summed E-state index contributed by atoms with van der Waals surface area (Å²) in [4.78, 5) is 8.69. The summed E-state index contributed by atoms with van der Waals surface area (Å²) in [5.74, 6) is 2.55. The van der Waals surface area contributed by atoms with E-state index in [1.54, 1.807) is 4.68 Å². The lowest BCUT2D eigenvalue weighted by molar-refractivity contribution is 0.307. The summed E-state index contributed by atoms with van der Waals surface area (Å²) in [6.45, 7) is 4.94. The van der Waals surface area contributed by atoms with Gasteiger partial charge in [-0.15, -0.1) is 0 Å². The molecular weight excluding hydrogens is 304 g/mol. The van der Waals surface area contributed by atoms with Crippen molar-refractivity contribution in [1.82, 2.24) is 25.4 Å². The molecule has 7 nitrogen and oxygen atoms in total. The largest absolute Gasteiger partial charge is 0.494 e. The highest BCUT2D eigenvalue weighted by Gasteiger charge is 2.01. The molecule has 0 atom stereocenters. The molecule has 0 radical (unpaired) electrons. The van der Waals surface area contributed by atoms with E-state index in [0.29, 0.717) is 6.54 Å². The van der Waals surface area contributed by atoms with Crippen molar-refractivity contribution in [3.63, 3.8) is 0 Å². The second-order valence-electron chi connectivity index (χ2n) is 5.29. The normalized spacial score (nSPS) is 11.3. The maximum atomic E-state index is 5.68. The van der Waals surface area contributed by atoms with E-state index < -0.39 is 0 Å². The van der Waals surface area contributed by atoms with Gasteiger partial charge in [0.1, 0.15) is 24.4 Å². The number of unbranched alkanes of at least 4 members (excludes halogenated alkanes) is 1. The van der Waals surface area contributed by atoms with Gasteiger partial charge in [0.15, 0.2) is 5.96 Å². The van der Waals surface area contributed by atoms with Crippen molar-refractivity contribution in [3.05, 3.63) is 42.5 Å². The van der Waals surface area contributed by atoms with E-state index in [1.165, 1.54) is 6.33 Å². The summed E-state index contributed by atoms with van der Waals surface area (Å²) in [6.07, 6.45) is 3.55. The number of aryl methyl sites for hydroxylation is 1. The third-order valence-corrected chi connectivity index (χ3v) is 3.40. The van der Waals surface area contributed by atoms with Crippen LogP contribution in [0.2, 0.25) is 0 Å². The number of guanidine groups is 1. The monoisotopic (exact) mass is 330 g/mol. The number of hydrogen-bond donors (Lipinski definition) is 2. The number of aliphatic imine (C=N–C) groups is 1. The van der Waals surface area contributed by atoms with Crippen molar-refractivity contribution in [2.24, 2.45) is 12.0 Å². The van der Waals surface area contributed by atoms with Gasteiger partial charge in [0.25, 0.3) is 0 Å². The van der Waals surface area contributed by atoms with Crippen LogP contribution < -0.4 is 15.4 Å². The molecule has 0 aliphatic rings. The van der Waals surface area contributed by atoms with E-state index in [-0.39, 0.29) is 0 Å². The van der Waals surface area contributed by atoms with E-state index in [0.717, 1.165) is 50.1 Å². The van der Waals surface area contributed by atoms with Crippen LogP contribution in [-0.4, -0.2) is 40.4 Å². The zero-order chi connectivity index (χ0) is 17.0. The predicted octanol–water partition coefficient (Wildman–Crippen LogP) is 1.73. The topological polar surface area (TPSA) is 76.4 Å². The summed E-state index contributed by atoms with van der Waals surface area (Å²) in [5, 5.41) is 10.6. The van der Waals surface area contributed by atoms with Gasteiger partial charge >= 0.3 is 0 Å². The van der Waals surface area contributed by atoms with Crippen molar-refractivity contribution in [3.8, 4) is 5.75 Å². The first-order valence-electron chi connectivity index (χ1n) is 8.32. The summed E-state index contributed by atoms with van der Waals surface area (Å²) < 4.78 is 7.41. The van der Waals surface area contributed by atoms with Gasteiger partial charge < -0.3 is 15.4 Å². The van der Waals surface area contributed by atoms with Crippen molar-refractivity contribution in [2.75, 3.05) is 19.7 Å². The van der Waals surface area contributed by atoms with E-state index in [9.17, 15) is 0 Å². The molecule has 0 aliphatic heterocycles. The van der Waals surface area contributed by atoms with E-state index in [4.69, 9.17) is 4.74 Å².